The molecule has 0 aromatic heterocycles. The van der Waals surface area contributed by atoms with Gasteiger partial charge in [-0.3, -0.25) is 4.90 Å². The Morgan fingerprint density at radius 1 is 0.958 bits per heavy atom. The lowest BCUT2D eigenvalue weighted by atomic mass is 9.87. The van der Waals surface area contributed by atoms with E-state index in [4.69, 9.17) is 0 Å². The molecule has 24 heavy (non-hydrogen) atoms. The third-order valence-electron chi connectivity index (χ3n) is 4.54. The van der Waals surface area contributed by atoms with Crippen molar-refractivity contribution in [2.24, 2.45) is 0 Å². The second-order valence-electron chi connectivity index (χ2n) is 7.79. The molecule has 0 unspecified atom stereocenters. The largest absolute Gasteiger partial charge is 0.298 e. The first-order valence-electron chi connectivity index (χ1n) is 8.80. The fourth-order valence-corrected chi connectivity index (χ4v) is 2.87. The van der Waals surface area contributed by atoms with E-state index in [-0.39, 0.29) is 5.41 Å². The molecule has 0 amide bonds. The number of benzene rings is 2. The Morgan fingerprint density at radius 3 is 2.17 bits per heavy atom. The monoisotopic (exact) mass is 321 g/mol. The zero-order valence-corrected chi connectivity index (χ0v) is 16.1. The highest BCUT2D eigenvalue weighted by Crippen LogP contribution is 2.22. The van der Waals surface area contributed by atoms with Crippen molar-refractivity contribution in [3.05, 3.63) is 76.9 Å². The molecule has 0 atom stereocenters. The summed E-state index contributed by atoms with van der Waals surface area (Å²) in [5.41, 5.74) is 6.99. The quantitative estimate of drug-likeness (QED) is 0.649. The maximum atomic E-state index is 2.37. The van der Waals surface area contributed by atoms with Crippen LogP contribution in [0.5, 0.6) is 0 Å². The summed E-state index contributed by atoms with van der Waals surface area (Å²) in [5.74, 6) is 0. The second kappa shape index (κ2) is 7.81. The Labute approximate surface area is 148 Å². The van der Waals surface area contributed by atoms with E-state index < -0.39 is 0 Å². The normalized spacial score (nSPS) is 12.7. The average Bonchev–Trinajstić information content (AvgIpc) is 2.54. The maximum absolute atomic E-state index is 2.37. The van der Waals surface area contributed by atoms with E-state index in [1.54, 1.807) is 0 Å². The molecule has 0 saturated carbocycles. The highest BCUT2D eigenvalue weighted by atomic mass is 15.1. The van der Waals surface area contributed by atoms with Gasteiger partial charge in [-0.15, -0.1) is 0 Å². The van der Waals surface area contributed by atoms with Crippen LogP contribution in [0.3, 0.4) is 0 Å². The predicted octanol–water partition coefficient (Wildman–Crippen LogP) is 6.04. The summed E-state index contributed by atoms with van der Waals surface area (Å²) < 4.78 is 0. The van der Waals surface area contributed by atoms with Crippen molar-refractivity contribution >= 4 is 5.57 Å². The lowest BCUT2D eigenvalue weighted by Gasteiger charge is -2.21. The van der Waals surface area contributed by atoms with Gasteiger partial charge in [-0.05, 0) is 54.1 Å². The van der Waals surface area contributed by atoms with E-state index in [1.807, 2.05) is 0 Å². The summed E-state index contributed by atoms with van der Waals surface area (Å²) in [6.45, 7) is 13.0. The zero-order chi connectivity index (χ0) is 17.7. The lowest BCUT2D eigenvalue weighted by Crippen LogP contribution is -2.17. The van der Waals surface area contributed by atoms with Crippen molar-refractivity contribution in [2.45, 2.75) is 53.1 Å². The molecule has 1 heteroatoms. The Morgan fingerprint density at radius 2 is 1.58 bits per heavy atom. The lowest BCUT2D eigenvalue weighted by molar-refractivity contribution is 0.319. The third-order valence-corrected chi connectivity index (χ3v) is 4.54. The van der Waals surface area contributed by atoms with Gasteiger partial charge < -0.3 is 0 Å². The minimum absolute atomic E-state index is 0.218. The van der Waals surface area contributed by atoms with Crippen molar-refractivity contribution < 1.29 is 0 Å². The van der Waals surface area contributed by atoms with Gasteiger partial charge in [0.15, 0.2) is 0 Å². The summed E-state index contributed by atoms with van der Waals surface area (Å²) >= 11 is 0. The number of allylic oxidation sites excluding steroid dienone is 2. The summed E-state index contributed by atoms with van der Waals surface area (Å²) in [6, 6.07) is 17.9. The molecular weight excluding hydrogens is 290 g/mol. The summed E-state index contributed by atoms with van der Waals surface area (Å²) in [6.07, 6.45) is 2.17. The molecule has 0 heterocycles. The van der Waals surface area contributed by atoms with Crippen molar-refractivity contribution in [3.8, 4) is 0 Å². The van der Waals surface area contributed by atoms with Crippen LogP contribution in [0, 0.1) is 0 Å². The van der Waals surface area contributed by atoms with Crippen LogP contribution in [0.15, 0.2) is 54.6 Å². The molecule has 0 N–H and O–H groups in total. The number of nitrogens with zero attached hydrogens (tertiary/aromatic N) is 1. The Hall–Kier alpha value is -1.86. The van der Waals surface area contributed by atoms with Gasteiger partial charge in [0.2, 0.25) is 0 Å². The molecule has 128 valence electrons. The minimum Gasteiger partial charge on any atom is -0.298 e. The van der Waals surface area contributed by atoms with Crippen molar-refractivity contribution in [1.82, 2.24) is 4.90 Å². The first-order valence-corrected chi connectivity index (χ1v) is 8.80. The third kappa shape index (κ3) is 5.07. The average molecular weight is 322 g/mol. The summed E-state index contributed by atoms with van der Waals surface area (Å²) in [7, 11) is 2.19. The molecule has 0 aliphatic rings. The van der Waals surface area contributed by atoms with Gasteiger partial charge >= 0.3 is 0 Å². The van der Waals surface area contributed by atoms with E-state index in [0.29, 0.717) is 0 Å². The van der Waals surface area contributed by atoms with Crippen LogP contribution < -0.4 is 0 Å². The SMILES string of the molecule is C/C=C(/C)c1cccc(CN(C)Cc2ccc(C(C)(C)C)cc2)c1. The summed E-state index contributed by atoms with van der Waals surface area (Å²) in [4.78, 5) is 2.37. The Balaban J connectivity index is 2.02. The molecule has 0 radical (unpaired) electrons. The minimum atomic E-state index is 0.218. The van der Waals surface area contributed by atoms with Crippen LogP contribution in [-0.4, -0.2) is 11.9 Å². The van der Waals surface area contributed by atoms with Crippen LogP contribution in [0.1, 0.15) is 56.9 Å². The second-order valence-corrected chi connectivity index (χ2v) is 7.79. The highest BCUT2D eigenvalue weighted by molar-refractivity contribution is 5.63. The number of rotatable bonds is 5. The Bertz CT molecular complexity index is 687. The molecule has 0 aliphatic carbocycles. The molecule has 1 nitrogen and oxygen atoms in total. The predicted molar refractivity (Wildman–Crippen MR) is 106 cm³/mol. The molecule has 2 aromatic carbocycles. The van der Waals surface area contributed by atoms with Crippen LogP contribution in [0.2, 0.25) is 0 Å². The van der Waals surface area contributed by atoms with Crippen molar-refractivity contribution in [3.63, 3.8) is 0 Å². The first-order chi connectivity index (χ1) is 11.3. The standard InChI is InChI=1S/C23H31N/c1-7-18(2)21-10-8-9-20(15-21)17-24(6)16-19-11-13-22(14-12-19)23(3,4)5/h7-15H,16-17H2,1-6H3/b18-7-. The number of hydrogen-bond acceptors (Lipinski definition) is 1. The molecular formula is C23H31N. The molecule has 2 aromatic rings. The topological polar surface area (TPSA) is 3.24 Å². The van der Waals surface area contributed by atoms with Gasteiger partial charge in [-0.25, -0.2) is 0 Å². The van der Waals surface area contributed by atoms with Crippen LogP contribution in [-0.2, 0) is 18.5 Å². The molecule has 0 aliphatic heterocycles. The fraction of sp³-hybridized carbons (Fsp3) is 0.391. The van der Waals surface area contributed by atoms with E-state index >= 15 is 0 Å². The molecule has 0 fully saturated rings. The van der Waals surface area contributed by atoms with Crippen LogP contribution in [0.4, 0.5) is 0 Å². The molecule has 0 bridgehead atoms. The smallest absolute Gasteiger partial charge is 0.0234 e. The zero-order valence-electron chi connectivity index (χ0n) is 16.1. The van der Waals surface area contributed by atoms with Gasteiger partial charge in [0.1, 0.15) is 0 Å². The maximum Gasteiger partial charge on any atom is 0.0234 e. The van der Waals surface area contributed by atoms with E-state index in [2.05, 4.69) is 101 Å². The van der Waals surface area contributed by atoms with Crippen molar-refractivity contribution in [1.29, 1.82) is 0 Å². The van der Waals surface area contributed by atoms with Gasteiger partial charge in [0.05, 0.1) is 0 Å². The van der Waals surface area contributed by atoms with Gasteiger partial charge in [-0.1, -0.05) is 75.4 Å². The molecule has 0 spiro atoms. The van der Waals surface area contributed by atoms with Crippen molar-refractivity contribution in [2.75, 3.05) is 7.05 Å². The van der Waals surface area contributed by atoms with Crippen LogP contribution >= 0.6 is 0 Å². The van der Waals surface area contributed by atoms with Gasteiger partial charge in [0, 0.05) is 13.1 Å². The van der Waals surface area contributed by atoms with Gasteiger partial charge in [-0.2, -0.15) is 0 Å². The number of hydrogen-bond donors (Lipinski definition) is 0. The van der Waals surface area contributed by atoms with E-state index in [1.165, 1.54) is 27.8 Å². The summed E-state index contributed by atoms with van der Waals surface area (Å²) in [5, 5.41) is 0. The van der Waals surface area contributed by atoms with Crippen LogP contribution in [0.25, 0.3) is 5.57 Å². The fourth-order valence-electron chi connectivity index (χ4n) is 2.87. The first kappa shape index (κ1) is 18.5. The molecule has 2 rings (SSSR count). The van der Waals surface area contributed by atoms with E-state index in [0.717, 1.165) is 13.1 Å². The Kier molecular flexibility index (Phi) is 6.01. The van der Waals surface area contributed by atoms with Gasteiger partial charge in [0.25, 0.3) is 0 Å². The molecule has 0 saturated heterocycles. The highest BCUT2D eigenvalue weighted by Gasteiger charge is 2.13. The van der Waals surface area contributed by atoms with E-state index in [9.17, 15) is 0 Å².